The minimum Gasteiger partial charge on any atom is -0.348 e. The summed E-state index contributed by atoms with van der Waals surface area (Å²) in [7, 11) is -3.99. The smallest absolute Gasteiger partial charge is 0.219 e. The summed E-state index contributed by atoms with van der Waals surface area (Å²) in [5.41, 5.74) is 7.29. The standard InChI is InChI=1S/C27H28N2O2S2/c1-18-11-12-20(3)23(15-18)17-32-27(29-26-21(4)13-19(2)14-22(26)5)25(16-28)33(30,31)24-9-7-6-8-10-24/h6-15,29H,17H2,1-5H3/b27-25+. The molecule has 0 aromatic heterocycles. The number of nitrogens with one attached hydrogen (secondary N) is 1. The molecular weight excluding hydrogens is 448 g/mol. The first kappa shape index (κ1) is 24.6. The minimum absolute atomic E-state index is 0.102. The first-order chi connectivity index (χ1) is 15.6. The molecule has 33 heavy (non-hydrogen) atoms. The van der Waals surface area contributed by atoms with E-state index in [-0.39, 0.29) is 9.80 Å². The molecule has 3 aromatic carbocycles. The van der Waals surface area contributed by atoms with Crippen molar-refractivity contribution in [2.24, 2.45) is 0 Å². The molecular formula is C27H28N2O2S2. The van der Waals surface area contributed by atoms with Crippen LogP contribution in [0.1, 0.15) is 33.4 Å². The van der Waals surface area contributed by atoms with Gasteiger partial charge in [-0.25, -0.2) is 8.42 Å². The summed E-state index contributed by atoms with van der Waals surface area (Å²) >= 11 is 1.34. The third-order valence-corrected chi connectivity index (χ3v) is 8.33. The predicted octanol–water partition coefficient (Wildman–Crippen LogP) is 6.74. The van der Waals surface area contributed by atoms with Gasteiger partial charge in [0.15, 0.2) is 4.91 Å². The molecule has 0 aliphatic rings. The van der Waals surface area contributed by atoms with Crippen LogP contribution in [0.5, 0.6) is 0 Å². The quantitative estimate of drug-likeness (QED) is 0.382. The molecule has 0 saturated carbocycles. The lowest BCUT2D eigenvalue weighted by Gasteiger charge is -2.18. The highest BCUT2D eigenvalue weighted by atomic mass is 32.2. The highest BCUT2D eigenvalue weighted by Crippen LogP contribution is 2.34. The molecule has 6 heteroatoms. The maximum atomic E-state index is 13.4. The number of nitrogens with zero attached hydrogens (tertiary/aromatic N) is 1. The van der Waals surface area contributed by atoms with Crippen LogP contribution in [-0.2, 0) is 15.6 Å². The van der Waals surface area contributed by atoms with Crippen LogP contribution >= 0.6 is 11.8 Å². The van der Waals surface area contributed by atoms with Crippen molar-refractivity contribution < 1.29 is 8.42 Å². The van der Waals surface area contributed by atoms with E-state index in [1.165, 1.54) is 23.9 Å². The van der Waals surface area contributed by atoms with E-state index in [4.69, 9.17) is 0 Å². The lowest BCUT2D eigenvalue weighted by atomic mass is 10.1. The van der Waals surface area contributed by atoms with Gasteiger partial charge >= 0.3 is 0 Å². The highest BCUT2D eigenvalue weighted by Gasteiger charge is 2.26. The van der Waals surface area contributed by atoms with E-state index < -0.39 is 9.84 Å². The van der Waals surface area contributed by atoms with Crippen molar-refractivity contribution in [1.82, 2.24) is 0 Å². The van der Waals surface area contributed by atoms with E-state index in [0.29, 0.717) is 10.8 Å². The van der Waals surface area contributed by atoms with Crippen molar-refractivity contribution in [3.8, 4) is 6.07 Å². The van der Waals surface area contributed by atoms with Gasteiger partial charge in [-0.05, 0) is 69.0 Å². The second-order valence-corrected chi connectivity index (χ2v) is 11.1. The van der Waals surface area contributed by atoms with Gasteiger partial charge in [-0.1, -0.05) is 59.7 Å². The second kappa shape index (κ2) is 10.3. The number of hydrogen-bond donors (Lipinski definition) is 1. The Morgan fingerprint density at radius 2 is 1.52 bits per heavy atom. The number of sulfone groups is 1. The zero-order chi connectivity index (χ0) is 24.2. The number of nitriles is 1. The average Bonchev–Trinajstić information content (AvgIpc) is 2.77. The van der Waals surface area contributed by atoms with Gasteiger partial charge in [0.05, 0.1) is 4.90 Å². The monoisotopic (exact) mass is 476 g/mol. The van der Waals surface area contributed by atoms with Crippen molar-refractivity contribution in [3.05, 3.63) is 104 Å². The van der Waals surface area contributed by atoms with Crippen LogP contribution in [0.3, 0.4) is 0 Å². The summed E-state index contributed by atoms with van der Waals surface area (Å²) in [6, 6.07) is 20.4. The maximum Gasteiger partial charge on any atom is 0.219 e. The Balaban J connectivity index is 2.13. The summed E-state index contributed by atoms with van der Waals surface area (Å²) in [4.78, 5) is -0.172. The van der Waals surface area contributed by atoms with Gasteiger partial charge in [0, 0.05) is 11.4 Å². The number of thioether (sulfide) groups is 1. The number of rotatable bonds is 7. The van der Waals surface area contributed by atoms with Gasteiger partial charge in [-0.2, -0.15) is 5.26 Å². The second-order valence-electron chi connectivity index (χ2n) is 8.20. The number of benzene rings is 3. The Morgan fingerprint density at radius 1 is 0.879 bits per heavy atom. The first-order valence-electron chi connectivity index (χ1n) is 10.6. The van der Waals surface area contributed by atoms with Gasteiger partial charge in [0.1, 0.15) is 11.1 Å². The molecule has 0 aliphatic carbocycles. The van der Waals surface area contributed by atoms with Crippen LogP contribution in [0, 0.1) is 45.9 Å². The molecule has 0 heterocycles. The van der Waals surface area contributed by atoms with Gasteiger partial charge < -0.3 is 5.32 Å². The van der Waals surface area contributed by atoms with Crippen molar-refractivity contribution >= 4 is 27.3 Å². The Kier molecular flexibility index (Phi) is 7.68. The third-order valence-electron chi connectivity index (χ3n) is 5.42. The molecule has 0 fully saturated rings. The predicted molar refractivity (Wildman–Crippen MR) is 138 cm³/mol. The molecule has 3 rings (SSSR count). The van der Waals surface area contributed by atoms with Crippen molar-refractivity contribution in [1.29, 1.82) is 5.26 Å². The maximum absolute atomic E-state index is 13.4. The van der Waals surface area contributed by atoms with E-state index in [9.17, 15) is 13.7 Å². The summed E-state index contributed by atoms with van der Waals surface area (Å²) in [5.74, 6) is 0.537. The fourth-order valence-electron chi connectivity index (χ4n) is 3.71. The minimum atomic E-state index is -3.99. The molecule has 0 radical (unpaired) electrons. The van der Waals surface area contributed by atoms with Crippen molar-refractivity contribution in [2.45, 2.75) is 45.3 Å². The van der Waals surface area contributed by atoms with Crippen molar-refractivity contribution in [3.63, 3.8) is 0 Å². The van der Waals surface area contributed by atoms with Gasteiger partial charge in [-0.3, -0.25) is 0 Å². The van der Waals surface area contributed by atoms with Gasteiger partial charge in [0.2, 0.25) is 9.84 Å². The number of allylic oxidation sites excluding steroid dienone is 1. The molecule has 170 valence electrons. The van der Waals surface area contributed by atoms with Gasteiger partial charge in [0.25, 0.3) is 0 Å². The molecule has 0 bridgehead atoms. The summed E-state index contributed by atoms with van der Waals surface area (Å²) in [6.07, 6.45) is 0. The average molecular weight is 477 g/mol. The lowest BCUT2D eigenvalue weighted by molar-refractivity contribution is 0.603. The highest BCUT2D eigenvalue weighted by molar-refractivity contribution is 8.04. The fourth-order valence-corrected chi connectivity index (χ4v) is 6.34. The SMILES string of the molecule is Cc1cc(C)c(N/C(SCc2cc(C)ccc2C)=C(/C#N)S(=O)(=O)c2ccccc2)c(C)c1. The normalized spacial score (nSPS) is 12.1. The summed E-state index contributed by atoms with van der Waals surface area (Å²) < 4.78 is 26.8. The summed E-state index contributed by atoms with van der Waals surface area (Å²) in [6.45, 7) is 10.0. The van der Waals surface area contributed by atoms with Crippen LogP contribution in [-0.4, -0.2) is 8.42 Å². The molecule has 4 nitrogen and oxygen atoms in total. The van der Waals surface area contributed by atoms with Crippen LogP contribution in [0.25, 0.3) is 0 Å². The Bertz CT molecular complexity index is 1330. The Hall–Kier alpha value is -3.01. The van der Waals surface area contributed by atoms with Crippen molar-refractivity contribution in [2.75, 3.05) is 5.32 Å². The van der Waals surface area contributed by atoms with Crippen LogP contribution in [0.4, 0.5) is 5.69 Å². The number of hydrogen-bond acceptors (Lipinski definition) is 5. The largest absolute Gasteiger partial charge is 0.348 e. The molecule has 3 aromatic rings. The summed E-state index contributed by atoms with van der Waals surface area (Å²) in [5, 5.41) is 13.7. The number of anilines is 1. The molecule has 0 amide bonds. The first-order valence-corrected chi connectivity index (χ1v) is 13.1. The molecule has 0 spiro atoms. The van der Waals surface area contributed by atoms with E-state index in [1.807, 2.05) is 52.8 Å². The van der Waals surface area contributed by atoms with E-state index >= 15 is 0 Å². The zero-order valence-electron chi connectivity index (χ0n) is 19.6. The van der Waals surface area contributed by atoms with E-state index in [0.717, 1.165) is 39.1 Å². The number of aryl methyl sites for hydroxylation is 5. The van der Waals surface area contributed by atoms with E-state index in [2.05, 4.69) is 23.5 Å². The fraction of sp³-hybridized carbons (Fsp3) is 0.222. The zero-order valence-corrected chi connectivity index (χ0v) is 21.2. The van der Waals surface area contributed by atoms with Crippen LogP contribution < -0.4 is 5.32 Å². The molecule has 1 N–H and O–H groups in total. The molecule has 0 saturated heterocycles. The van der Waals surface area contributed by atoms with E-state index in [1.54, 1.807) is 18.2 Å². The Labute approximate surface area is 201 Å². The lowest BCUT2D eigenvalue weighted by Crippen LogP contribution is -2.11. The third kappa shape index (κ3) is 5.68. The topological polar surface area (TPSA) is 70.0 Å². The van der Waals surface area contributed by atoms with Crippen LogP contribution in [0.2, 0.25) is 0 Å². The molecule has 0 atom stereocenters. The van der Waals surface area contributed by atoms with Gasteiger partial charge in [-0.15, -0.1) is 11.8 Å². The Morgan fingerprint density at radius 3 is 2.12 bits per heavy atom. The van der Waals surface area contributed by atoms with Crippen LogP contribution in [0.15, 0.2) is 75.5 Å². The molecule has 0 unspecified atom stereocenters. The molecule has 0 aliphatic heterocycles.